The first-order chi connectivity index (χ1) is 9.44. The Morgan fingerprint density at radius 1 is 1.35 bits per heavy atom. The van der Waals surface area contributed by atoms with Crippen molar-refractivity contribution in [2.75, 3.05) is 0 Å². The van der Waals surface area contributed by atoms with E-state index in [1.807, 2.05) is 44.3 Å². The van der Waals surface area contributed by atoms with Gasteiger partial charge in [-0.25, -0.2) is 4.79 Å². The summed E-state index contributed by atoms with van der Waals surface area (Å²) in [6.45, 7) is 7.31. The minimum Gasteiger partial charge on any atom is -0.475 e. The van der Waals surface area contributed by atoms with E-state index in [4.69, 9.17) is 9.47 Å². The van der Waals surface area contributed by atoms with Crippen LogP contribution in [0.2, 0.25) is 0 Å². The molecule has 1 unspecified atom stereocenters. The second-order valence-electron chi connectivity index (χ2n) is 5.43. The molecule has 0 aliphatic heterocycles. The summed E-state index contributed by atoms with van der Waals surface area (Å²) in [6.07, 6.45) is 2.53. The number of hydrogen-bond donors (Lipinski definition) is 1. The SMILES string of the molecule is CCC(C)OC(=O)C(C)(C)Oc1cccc2[nH]ccc12. The van der Waals surface area contributed by atoms with E-state index in [2.05, 4.69) is 4.98 Å². The van der Waals surface area contributed by atoms with Crippen LogP contribution >= 0.6 is 0 Å². The third kappa shape index (κ3) is 2.95. The van der Waals surface area contributed by atoms with Crippen molar-refractivity contribution in [2.45, 2.75) is 45.8 Å². The predicted molar refractivity (Wildman–Crippen MR) is 78.9 cm³/mol. The van der Waals surface area contributed by atoms with E-state index in [0.717, 1.165) is 17.3 Å². The number of aromatic amines is 1. The number of rotatable bonds is 5. The highest BCUT2D eigenvalue weighted by atomic mass is 16.6. The van der Waals surface area contributed by atoms with Crippen LogP contribution in [-0.4, -0.2) is 22.7 Å². The molecule has 1 atom stereocenters. The van der Waals surface area contributed by atoms with Gasteiger partial charge in [0.1, 0.15) is 5.75 Å². The highest BCUT2D eigenvalue weighted by Gasteiger charge is 2.33. The van der Waals surface area contributed by atoms with Gasteiger partial charge in [0, 0.05) is 17.1 Å². The maximum absolute atomic E-state index is 12.2. The number of carbonyl (C=O) groups is 1. The fourth-order valence-corrected chi connectivity index (χ4v) is 1.87. The molecule has 0 saturated carbocycles. The minimum absolute atomic E-state index is 0.103. The van der Waals surface area contributed by atoms with E-state index in [-0.39, 0.29) is 12.1 Å². The molecule has 1 N–H and O–H groups in total. The van der Waals surface area contributed by atoms with E-state index in [9.17, 15) is 4.79 Å². The Balaban J connectivity index is 2.19. The summed E-state index contributed by atoms with van der Waals surface area (Å²) in [7, 11) is 0. The number of hydrogen-bond acceptors (Lipinski definition) is 3. The lowest BCUT2D eigenvalue weighted by atomic mass is 10.1. The standard InChI is InChI=1S/C16H21NO3/c1-5-11(2)19-15(18)16(3,4)20-14-8-6-7-13-12(14)9-10-17-13/h6-11,17H,5H2,1-4H3. The molecule has 2 aromatic rings. The first kappa shape index (κ1) is 14.4. The third-order valence-corrected chi connectivity index (χ3v) is 3.29. The molecule has 0 radical (unpaired) electrons. The Labute approximate surface area is 119 Å². The second kappa shape index (κ2) is 5.57. The Bertz CT molecular complexity index is 601. The molecule has 4 heteroatoms. The number of fused-ring (bicyclic) bond motifs is 1. The number of benzene rings is 1. The Hall–Kier alpha value is -1.97. The van der Waals surface area contributed by atoms with E-state index in [1.54, 1.807) is 13.8 Å². The van der Waals surface area contributed by atoms with E-state index < -0.39 is 5.60 Å². The van der Waals surface area contributed by atoms with E-state index >= 15 is 0 Å². The highest BCUT2D eigenvalue weighted by Crippen LogP contribution is 2.28. The molecule has 0 saturated heterocycles. The average molecular weight is 275 g/mol. The van der Waals surface area contributed by atoms with Crippen LogP contribution in [0.5, 0.6) is 5.75 Å². The van der Waals surface area contributed by atoms with Crippen LogP contribution < -0.4 is 4.74 Å². The van der Waals surface area contributed by atoms with Gasteiger partial charge in [-0.1, -0.05) is 13.0 Å². The molecular formula is C16H21NO3. The maximum atomic E-state index is 12.2. The molecule has 20 heavy (non-hydrogen) atoms. The summed E-state index contributed by atoms with van der Waals surface area (Å²) in [5.41, 5.74) is -0.0387. The van der Waals surface area contributed by atoms with Crippen LogP contribution in [0.15, 0.2) is 30.5 Å². The van der Waals surface area contributed by atoms with Crippen molar-refractivity contribution in [1.82, 2.24) is 4.98 Å². The van der Waals surface area contributed by atoms with Crippen LogP contribution in [0.25, 0.3) is 10.9 Å². The van der Waals surface area contributed by atoms with E-state index in [1.165, 1.54) is 0 Å². The fourth-order valence-electron chi connectivity index (χ4n) is 1.87. The molecule has 0 bridgehead atoms. The number of nitrogens with one attached hydrogen (secondary N) is 1. The Morgan fingerprint density at radius 3 is 2.80 bits per heavy atom. The number of esters is 1. The summed E-state index contributed by atoms with van der Waals surface area (Å²) >= 11 is 0. The van der Waals surface area contributed by atoms with Gasteiger partial charge < -0.3 is 14.5 Å². The van der Waals surface area contributed by atoms with Gasteiger partial charge in [-0.2, -0.15) is 0 Å². The number of aromatic nitrogens is 1. The van der Waals surface area contributed by atoms with Crippen molar-refractivity contribution < 1.29 is 14.3 Å². The van der Waals surface area contributed by atoms with Gasteiger partial charge >= 0.3 is 5.97 Å². The van der Waals surface area contributed by atoms with Crippen LogP contribution in [0, 0.1) is 0 Å². The monoisotopic (exact) mass is 275 g/mol. The zero-order valence-corrected chi connectivity index (χ0v) is 12.4. The second-order valence-corrected chi connectivity index (χ2v) is 5.43. The summed E-state index contributed by atoms with van der Waals surface area (Å²) in [5, 5.41) is 0.955. The molecule has 0 amide bonds. The van der Waals surface area contributed by atoms with Crippen molar-refractivity contribution >= 4 is 16.9 Å². The molecule has 0 spiro atoms. The molecular weight excluding hydrogens is 254 g/mol. The summed E-state index contributed by atoms with van der Waals surface area (Å²) < 4.78 is 11.2. The van der Waals surface area contributed by atoms with Crippen molar-refractivity contribution in [3.05, 3.63) is 30.5 Å². The van der Waals surface area contributed by atoms with Crippen molar-refractivity contribution in [3.63, 3.8) is 0 Å². The first-order valence-electron chi connectivity index (χ1n) is 6.90. The zero-order chi connectivity index (χ0) is 14.8. The van der Waals surface area contributed by atoms with Gasteiger partial charge in [-0.05, 0) is 45.4 Å². The largest absolute Gasteiger partial charge is 0.475 e. The summed E-state index contributed by atoms with van der Waals surface area (Å²) in [5.74, 6) is 0.328. The number of carbonyl (C=O) groups excluding carboxylic acids is 1. The van der Waals surface area contributed by atoms with Gasteiger partial charge in [0.2, 0.25) is 0 Å². The lowest BCUT2D eigenvalue weighted by Gasteiger charge is -2.26. The molecule has 0 fully saturated rings. The zero-order valence-electron chi connectivity index (χ0n) is 12.4. The Morgan fingerprint density at radius 2 is 2.10 bits per heavy atom. The van der Waals surface area contributed by atoms with Gasteiger partial charge in [0.15, 0.2) is 5.60 Å². The molecule has 2 rings (SSSR count). The van der Waals surface area contributed by atoms with Crippen molar-refractivity contribution in [2.24, 2.45) is 0 Å². The summed E-state index contributed by atoms with van der Waals surface area (Å²) in [4.78, 5) is 15.3. The number of ether oxygens (including phenoxy) is 2. The van der Waals surface area contributed by atoms with Crippen LogP contribution in [0.4, 0.5) is 0 Å². The van der Waals surface area contributed by atoms with Crippen molar-refractivity contribution in [3.8, 4) is 5.75 Å². The van der Waals surface area contributed by atoms with Crippen LogP contribution in [-0.2, 0) is 9.53 Å². The topological polar surface area (TPSA) is 51.3 Å². The lowest BCUT2D eigenvalue weighted by molar-refractivity contribution is -0.164. The highest BCUT2D eigenvalue weighted by molar-refractivity contribution is 5.87. The molecule has 4 nitrogen and oxygen atoms in total. The molecule has 1 aromatic heterocycles. The molecule has 0 aliphatic carbocycles. The average Bonchev–Trinajstić information content (AvgIpc) is 2.87. The maximum Gasteiger partial charge on any atom is 0.350 e. The third-order valence-electron chi connectivity index (χ3n) is 3.29. The quantitative estimate of drug-likeness (QED) is 0.847. The van der Waals surface area contributed by atoms with Gasteiger partial charge in [-0.3, -0.25) is 0 Å². The molecule has 0 aliphatic rings. The smallest absolute Gasteiger partial charge is 0.350 e. The molecule has 108 valence electrons. The fraction of sp³-hybridized carbons (Fsp3) is 0.438. The van der Waals surface area contributed by atoms with E-state index in [0.29, 0.717) is 5.75 Å². The van der Waals surface area contributed by atoms with Gasteiger partial charge in [0.25, 0.3) is 0 Å². The minimum atomic E-state index is -1.02. The Kier molecular flexibility index (Phi) is 4.02. The predicted octanol–water partition coefficient (Wildman–Crippen LogP) is 3.67. The molecule has 1 aromatic carbocycles. The van der Waals surface area contributed by atoms with Crippen LogP contribution in [0.3, 0.4) is 0 Å². The summed E-state index contributed by atoms with van der Waals surface area (Å²) in [6, 6.07) is 7.64. The van der Waals surface area contributed by atoms with Gasteiger partial charge in [0.05, 0.1) is 6.10 Å². The van der Waals surface area contributed by atoms with Crippen LogP contribution in [0.1, 0.15) is 34.1 Å². The molecule has 1 heterocycles. The van der Waals surface area contributed by atoms with Crippen molar-refractivity contribution in [1.29, 1.82) is 0 Å². The number of H-pyrrole nitrogens is 1. The first-order valence-corrected chi connectivity index (χ1v) is 6.90. The lowest BCUT2D eigenvalue weighted by Crippen LogP contribution is -2.41. The van der Waals surface area contributed by atoms with Gasteiger partial charge in [-0.15, -0.1) is 0 Å². The normalized spacial score (nSPS) is 13.2.